The lowest BCUT2D eigenvalue weighted by Gasteiger charge is -2.18. The van der Waals surface area contributed by atoms with Gasteiger partial charge in [-0.25, -0.2) is 4.98 Å². The topological polar surface area (TPSA) is 72.1 Å². The zero-order valence-electron chi connectivity index (χ0n) is 14.3. The van der Waals surface area contributed by atoms with Gasteiger partial charge in [-0.05, 0) is 48.7 Å². The molecule has 0 aliphatic heterocycles. The monoisotopic (exact) mass is 364 g/mol. The fourth-order valence-electron chi connectivity index (χ4n) is 2.64. The Balaban J connectivity index is 1.78. The quantitative estimate of drug-likeness (QED) is 0.544. The van der Waals surface area contributed by atoms with Crippen LogP contribution in [0, 0.1) is 13.8 Å². The Morgan fingerprint density at radius 1 is 1.19 bits per heavy atom. The number of pyridine rings is 1. The molecule has 4 aromatic rings. The summed E-state index contributed by atoms with van der Waals surface area (Å²) in [5, 5.41) is 4.26. The highest BCUT2D eigenvalue weighted by molar-refractivity contribution is 7.22. The molecule has 0 unspecified atom stereocenters. The highest BCUT2D eigenvalue weighted by atomic mass is 32.1. The van der Waals surface area contributed by atoms with E-state index in [4.69, 9.17) is 4.52 Å². The van der Waals surface area contributed by atoms with Gasteiger partial charge < -0.3 is 4.52 Å². The first-order valence-electron chi connectivity index (χ1n) is 8.11. The van der Waals surface area contributed by atoms with Crippen molar-refractivity contribution >= 4 is 32.6 Å². The molecule has 26 heavy (non-hydrogen) atoms. The molecule has 0 radical (unpaired) electrons. The lowest BCUT2D eigenvalue weighted by molar-refractivity contribution is 0.0949. The van der Waals surface area contributed by atoms with Crippen LogP contribution in [-0.2, 0) is 6.54 Å². The van der Waals surface area contributed by atoms with Gasteiger partial charge in [0.05, 0.1) is 23.0 Å². The second-order valence-corrected chi connectivity index (χ2v) is 7.04. The normalized spacial score (nSPS) is 11.0. The first-order chi connectivity index (χ1) is 12.6. The van der Waals surface area contributed by atoms with Crippen molar-refractivity contribution in [2.45, 2.75) is 20.4 Å². The Hall–Kier alpha value is -3.06. The molecule has 0 bridgehead atoms. The molecule has 7 heteroatoms. The number of fused-ring (bicyclic) bond motifs is 1. The van der Waals surface area contributed by atoms with Crippen LogP contribution in [0.4, 0.5) is 5.13 Å². The van der Waals surface area contributed by atoms with E-state index in [1.165, 1.54) is 28.7 Å². The van der Waals surface area contributed by atoms with Crippen molar-refractivity contribution in [3.8, 4) is 0 Å². The molecular weight excluding hydrogens is 348 g/mol. The van der Waals surface area contributed by atoms with Crippen LogP contribution in [0.2, 0.25) is 0 Å². The molecule has 1 amide bonds. The van der Waals surface area contributed by atoms with Crippen molar-refractivity contribution in [2.24, 2.45) is 0 Å². The predicted molar refractivity (Wildman–Crippen MR) is 100 cm³/mol. The molecule has 0 fully saturated rings. The van der Waals surface area contributed by atoms with Crippen molar-refractivity contribution in [3.63, 3.8) is 0 Å². The Morgan fingerprint density at radius 2 is 2.04 bits per heavy atom. The van der Waals surface area contributed by atoms with Crippen molar-refractivity contribution < 1.29 is 9.32 Å². The molecule has 0 atom stereocenters. The summed E-state index contributed by atoms with van der Waals surface area (Å²) >= 11 is 1.48. The molecular formula is C19H16N4O2S. The van der Waals surface area contributed by atoms with E-state index in [-0.39, 0.29) is 11.7 Å². The fraction of sp³-hybridized carbons (Fsp3) is 0.158. The van der Waals surface area contributed by atoms with Gasteiger partial charge in [0, 0.05) is 18.5 Å². The number of carbonyl (C=O) groups is 1. The zero-order valence-corrected chi connectivity index (χ0v) is 15.2. The van der Waals surface area contributed by atoms with Gasteiger partial charge in [-0.3, -0.25) is 14.7 Å². The molecule has 1 aromatic carbocycles. The summed E-state index contributed by atoms with van der Waals surface area (Å²) in [6.45, 7) is 4.48. The number of rotatable bonds is 4. The first-order valence-corrected chi connectivity index (χ1v) is 8.93. The van der Waals surface area contributed by atoms with E-state index in [0.717, 1.165) is 15.8 Å². The lowest BCUT2D eigenvalue weighted by atomic mass is 10.1. The summed E-state index contributed by atoms with van der Waals surface area (Å²) in [5.74, 6) is -0.0978. The van der Waals surface area contributed by atoms with Crippen molar-refractivity contribution in [1.82, 2.24) is 15.1 Å². The Bertz CT molecular complexity index is 1020. The molecule has 4 rings (SSSR count). The number of hydrogen-bond acceptors (Lipinski definition) is 6. The number of benzene rings is 1. The zero-order chi connectivity index (χ0) is 18.1. The Morgan fingerprint density at radius 3 is 2.77 bits per heavy atom. The summed E-state index contributed by atoms with van der Waals surface area (Å²) in [5.41, 5.74) is 4.17. The third-order valence-corrected chi connectivity index (χ3v) is 5.22. The molecule has 3 aromatic heterocycles. The average molecular weight is 364 g/mol. The van der Waals surface area contributed by atoms with Crippen LogP contribution in [-0.4, -0.2) is 21.0 Å². The smallest absolute Gasteiger partial charge is 0.298 e. The molecule has 0 aliphatic rings. The second-order valence-electron chi connectivity index (χ2n) is 6.03. The minimum Gasteiger partial charge on any atom is -0.351 e. The maximum absolute atomic E-state index is 13.0. The van der Waals surface area contributed by atoms with Crippen LogP contribution in [0.25, 0.3) is 10.2 Å². The van der Waals surface area contributed by atoms with Gasteiger partial charge in [-0.1, -0.05) is 22.6 Å². The van der Waals surface area contributed by atoms with Gasteiger partial charge >= 0.3 is 0 Å². The second kappa shape index (κ2) is 6.68. The summed E-state index contributed by atoms with van der Waals surface area (Å²) in [6, 6.07) is 9.48. The van der Waals surface area contributed by atoms with E-state index in [9.17, 15) is 4.79 Å². The van der Waals surface area contributed by atoms with E-state index in [0.29, 0.717) is 11.7 Å². The summed E-state index contributed by atoms with van der Waals surface area (Å²) in [6.07, 6.45) is 4.90. The van der Waals surface area contributed by atoms with E-state index >= 15 is 0 Å². The van der Waals surface area contributed by atoms with E-state index < -0.39 is 0 Å². The van der Waals surface area contributed by atoms with Crippen LogP contribution >= 0.6 is 11.3 Å². The fourth-order valence-corrected chi connectivity index (χ4v) is 3.69. The minimum absolute atomic E-state index is 0.181. The van der Waals surface area contributed by atoms with Gasteiger partial charge in [0.25, 0.3) is 5.91 Å². The van der Waals surface area contributed by atoms with Crippen molar-refractivity contribution in [3.05, 3.63) is 71.4 Å². The summed E-state index contributed by atoms with van der Waals surface area (Å²) in [7, 11) is 0. The van der Waals surface area contributed by atoms with Crippen LogP contribution in [0.5, 0.6) is 0 Å². The van der Waals surface area contributed by atoms with Crippen molar-refractivity contribution in [2.75, 3.05) is 4.90 Å². The molecule has 130 valence electrons. The lowest BCUT2D eigenvalue weighted by Crippen LogP contribution is -2.30. The molecule has 0 spiro atoms. The number of nitrogens with zero attached hydrogens (tertiary/aromatic N) is 4. The highest BCUT2D eigenvalue weighted by Crippen LogP contribution is 2.32. The van der Waals surface area contributed by atoms with Crippen LogP contribution in [0.3, 0.4) is 0 Å². The van der Waals surface area contributed by atoms with Crippen LogP contribution in [0.15, 0.2) is 53.4 Å². The number of aryl methyl sites for hydroxylation is 2. The predicted octanol–water partition coefficient (Wildman–Crippen LogP) is 4.14. The third-order valence-electron chi connectivity index (χ3n) is 4.18. The van der Waals surface area contributed by atoms with Crippen LogP contribution < -0.4 is 4.90 Å². The molecule has 0 saturated heterocycles. The van der Waals surface area contributed by atoms with Gasteiger partial charge in [-0.2, -0.15) is 0 Å². The number of thiazole rings is 1. The van der Waals surface area contributed by atoms with Crippen LogP contribution in [0.1, 0.15) is 27.2 Å². The summed E-state index contributed by atoms with van der Waals surface area (Å²) < 4.78 is 6.11. The number of hydrogen-bond donors (Lipinski definition) is 0. The third kappa shape index (κ3) is 3.09. The summed E-state index contributed by atoms with van der Waals surface area (Å²) in [4.78, 5) is 23.4. The molecule has 6 nitrogen and oxygen atoms in total. The highest BCUT2D eigenvalue weighted by Gasteiger charge is 2.24. The van der Waals surface area contributed by atoms with E-state index in [1.54, 1.807) is 23.4 Å². The van der Waals surface area contributed by atoms with Gasteiger partial charge in [-0.15, -0.1) is 0 Å². The number of aromatic nitrogens is 3. The maximum Gasteiger partial charge on any atom is 0.298 e. The van der Waals surface area contributed by atoms with Gasteiger partial charge in [0.15, 0.2) is 5.13 Å². The number of amides is 1. The maximum atomic E-state index is 13.0. The molecule has 3 heterocycles. The van der Waals surface area contributed by atoms with Crippen molar-refractivity contribution in [1.29, 1.82) is 0 Å². The standard InChI is InChI=1S/C19H16N4O2S/c1-12-8-15-17(9-13(12)2)26-19(22-15)23(11-14-4-3-6-20-10-14)18(24)16-5-7-21-25-16/h3-10H,11H2,1-2H3. The van der Waals surface area contributed by atoms with E-state index in [1.807, 2.05) is 18.2 Å². The molecule has 0 saturated carbocycles. The molecule has 0 N–H and O–H groups in total. The van der Waals surface area contributed by atoms with E-state index in [2.05, 4.69) is 35.0 Å². The number of anilines is 1. The Labute approximate surface area is 154 Å². The largest absolute Gasteiger partial charge is 0.351 e. The van der Waals surface area contributed by atoms with Gasteiger partial charge in [0.2, 0.25) is 5.76 Å². The Kier molecular flexibility index (Phi) is 4.22. The average Bonchev–Trinajstić information content (AvgIpc) is 3.30. The number of carbonyl (C=O) groups excluding carboxylic acids is 1. The minimum atomic E-state index is -0.279. The SMILES string of the molecule is Cc1cc2nc(N(Cc3cccnc3)C(=O)c3ccno3)sc2cc1C. The first kappa shape index (κ1) is 16.4. The van der Waals surface area contributed by atoms with Gasteiger partial charge in [0.1, 0.15) is 0 Å². The molecule has 0 aliphatic carbocycles.